The molecule has 1 atom stereocenters. The number of oxazole rings is 1. The van der Waals surface area contributed by atoms with Crippen molar-refractivity contribution in [2.75, 3.05) is 5.73 Å². The zero-order chi connectivity index (χ0) is 10.7. The summed E-state index contributed by atoms with van der Waals surface area (Å²) in [4.78, 5) is 4.07. The molecule has 0 aliphatic heterocycles. The van der Waals surface area contributed by atoms with Crippen LogP contribution in [-0.2, 0) is 0 Å². The Bertz CT molecular complexity index is 411. The number of nitrogen functional groups attached to an aromatic ring is 1. The Morgan fingerprint density at radius 1 is 1.33 bits per heavy atom. The van der Waals surface area contributed by atoms with E-state index in [9.17, 15) is 0 Å². The van der Waals surface area contributed by atoms with Crippen molar-refractivity contribution in [1.82, 2.24) is 4.98 Å². The number of hydrogen-bond acceptors (Lipinski definition) is 4. The van der Waals surface area contributed by atoms with E-state index in [0.29, 0.717) is 10.5 Å². The van der Waals surface area contributed by atoms with Crippen LogP contribution in [0.1, 0.15) is 17.7 Å². The fourth-order valence-corrected chi connectivity index (χ4v) is 2.08. The van der Waals surface area contributed by atoms with Crippen molar-refractivity contribution in [2.45, 2.75) is 17.4 Å². The molecule has 0 saturated carbocycles. The predicted molar refractivity (Wildman–Crippen MR) is 61.6 cm³/mol. The maximum Gasteiger partial charge on any atom is 0.256 e. The summed E-state index contributed by atoms with van der Waals surface area (Å²) in [6.07, 6.45) is 3.23. The molecule has 2 rings (SSSR count). The average molecular weight is 220 g/mol. The molecule has 1 heterocycles. The summed E-state index contributed by atoms with van der Waals surface area (Å²) in [5.74, 6) is 0. The Kier molecular flexibility index (Phi) is 2.97. The molecule has 2 N–H and O–H groups in total. The molecule has 0 saturated heterocycles. The van der Waals surface area contributed by atoms with Crippen molar-refractivity contribution in [3.63, 3.8) is 0 Å². The molecule has 0 fully saturated rings. The van der Waals surface area contributed by atoms with E-state index in [-0.39, 0.29) is 0 Å². The van der Waals surface area contributed by atoms with Crippen molar-refractivity contribution < 1.29 is 4.42 Å². The Hall–Kier alpha value is -1.42. The lowest BCUT2D eigenvalue weighted by Gasteiger charge is -2.08. The van der Waals surface area contributed by atoms with Crippen LogP contribution in [0.3, 0.4) is 0 Å². The van der Waals surface area contributed by atoms with Gasteiger partial charge in [0.1, 0.15) is 6.26 Å². The highest BCUT2D eigenvalue weighted by atomic mass is 32.2. The second kappa shape index (κ2) is 4.40. The van der Waals surface area contributed by atoms with Crippen molar-refractivity contribution in [3.8, 4) is 0 Å². The Morgan fingerprint density at radius 3 is 2.67 bits per heavy atom. The second-order valence-electron chi connectivity index (χ2n) is 3.22. The quantitative estimate of drug-likeness (QED) is 0.638. The first kappa shape index (κ1) is 10.1. The summed E-state index contributed by atoms with van der Waals surface area (Å²) in [6.45, 7) is 2.11. The summed E-state index contributed by atoms with van der Waals surface area (Å²) < 4.78 is 5.18. The molecule has 1 aromatic heterocycles. The molecule has 15 heavy (non-hydrogen) atoms. The highest BCUT2D eigenvalue weighted by Crippen LogP contribution is 2.33. The van der Waals surface area contributed by atoms with E-state index in [1.165, 1.54) is 5.56 Å². The molecule has 1 unspecified atom stereocenters. The highest BCUT2D eigenvalue weighted by Gasteiger charge is 2.09. The highest BCUT2D eigenvalue weighted by molar-refractivity contribution is 7.99. The van der Waals surface area contributed by atoms with Gasteiger partial charge in [-0.25, -0.2) is 4.98 Å². The maximum atomic E-state index is 5.63. The molecule has 0 amide bonds. The van der Waals surface area contributed by atoms with E-state index in [4.69, 9.17) is 10.2 Å². The fourth-order valence-electron chi connectivity index (χ4n) is 1.25. The molecule has 0 bridgehead atoms. The third kappa shape index (κ3) is 2.53. The molecule has 0 aliphatic rings. The molecule has 0 aliphatic carbocycles. The van der Waals surface area contributed by atoms with Crippen LogP contribution in [0.25, 0.3) is 0 Å². The number of nitrogens with zero attached hydrogens (tertiary/aromatic N) is 1. The van der Waals surface area contributed by atoms with Crippen LogP contribution in [0.5, 0.6) is 0 Å². The lowest BCUT2D eigenvalue weighted by Crippen LogP contribution is -1.90. The molecule has 78 valence electrons. The van der Waals surface area contributed by atoms with Gasteiger partial charge in [-0.1, -0.05) is 23.9 Å². The number of nitrogens with two attached hydrogens (primary N) is 1. The number of thioether (sulfide) groups is 1. The van der Waals surface area contributed by atoms with E-state index in [0.717, 1.165) is 5.69 Å². The fraction of sp³-hybridized carbons (Fsp3) is 0.182. The summed E-state index contributed by atoms with van der Waals surface area (Å²) >= 11 is 1.59. The molecular weight excluding hydrogens is 208 g/mol. The van der Waals surface area contributed by atoms with Gasteiger partial charge in [0.15, 0.2) is 0 Å². The van der Waals surface area contributed by atoms with E-state index < -0.39 is 0 Å². The van der Waals surface area contributed by atoms with E-state index in [1.807, 2.05) is 24.3 Å². The average Bonchev–Trinajstić information content (AvgIpc) is 2.71. The minimum absolute atomic E-state index is 0.309. The summed E-state index contributed by atoms with van der Waals surface area (Å²) in [6, 6.07) is 7.86. The second-order valence-corrected chi connectivity index (χ2v) is 4.52. The molecule has 2 aromatic rings. The lowest BCUT2D eigenvalue weighted by molar-refractivity contribution is 0.453. The molecule has 1 aromatic carbocycles. The Balaban J connectivity index is 2.08. The van der Waals surface area contributed by atoms with Gasteiger partial charge in [-0.15, -0.1) is 0 Å². The van der Waals surface area contributed by atoms with Gasteiger partial charge in [0.05, 0.1) is 6.20 Å². The topological polar surface area (TPSA) is 52.0 Å². The molecule has 4 heteroatoms. The van der Waals surface area contributed by atoms with Crippen LogP contribution in [0.4, 0.5) is 5.69 Å². The first-order valence-corrected chi connectivity index (χ1v) is 5.55. The zero-order valence-corrected chi connectivity index (χ0v) is 9.20. The van der Waals surface area contributed by atoms with Crippen LogP contribution in [-0.4, -0.2) is 4.98 Å². The molecule has 0 spiro atoms. The van der Waals surface area contributed by atoms with Crippen molar-refractivity contribution in [1.29, 1.82) is 0 Å². The largest absolute Gasteiger partial charge is 0.440 e. The predicted octanol–water partition coefficient (Wildman–Crippen LogP) is 3.11. The minimum Gasteiger partial charge on any atom is -0.440 e. The smallest absolute Gasteiger partial charge is 0.256 e. The standard InChI is InChI=1S/C11H12N2OS/c1-8(15-11-13-6-7-14-11)9-2-4-10(12)5-3-9/h2-8H,12H2,1H3. The normalized spacial score (nSPS) is 12.6. The lowest BCUT2D eigenvalue weighted by atomic mass is 10.1. The van der Waals surface area contributed by atoms with Crippen LogP contribution in [0.15, 0.2) is 46.4 Å². The minimum atomic E-state index is 0.309. The van der Waals surface area contributed by atoms with Gasteiger partial charge < -0.3 is 10.2 Å². The van der Waals surface area contributed by atoms with E-state index >= 15 is 0 Å². The summed E-state index contributed by atoms with van der Waals surface area (Å²) in [7, 11) is 0. The third-order valence-corrected chi connectivity index (χ3v) is 3.12. The Morgan fingerprint density at radius 2 is 2.07 bits per heavy atom. The van der Waals surface area contributed by atoms with Crippen LogP contribution < -0.4 is 5.73 Å². The van der Waals surface area contributed by atoms with Crippen LogP contribution in [0.2, 0.25) is 0 Å². The van der Waals surface area contributed by atoms with E-state index in [1.54, 1.807) is 24.2 Å². The van der Waals surface area contributed by atoms with Gasteiger partial charge in [0, 0.05) is 10.9 Å². The van der Waals surface area contributed by atoms with Gasteiger partial charge in [0.25, 0.3) is 5.22 Å². The monoisotopic (exact) mass is 220 g/mol. The number of anilines is 1. The number of aromatic nitrogens is 1. The molecule has 0 radical (unpaired) electrons. The van der Waals surface area contributed by atoms with E-state index in [2.05, 4.69) is 11.9 Å². The molecular formula is C11H12N2OS. The van der Waals surface area contributed by atoms with Gasteiger partial charge >= 0.3 is 0 Å². The van der Waals surface area contributed by atoms with Crippen molar-refractivity contribution in [2.24, 2.45) is 0 Å². The van der Waals surface area contributed by atoms with Gasteiger partial charge in [0.2, 0.25) is 0 Å². The summed E-state index contributed by atoms with van der Waals surface area (Å²) in [5.41, 5.74) is 7.62. The van der Waals surface area contributed by atoms with Gasteiger partial charge in [-0.3, -0.25) is 0 Å². The van der Waals surface area contributed by atoms with Crippen molar-refractivity contribution in [3.05, 3.63) is 42.3 Å². The number of rotatable bonds is 3. The first-order valence-electron chi connectivity index (χ1n) is 4.67. The zero-order valence-electron chi connectivity index (χ0n) is 8.38. The molecule has 3 nitrogen and oxygen atoms in total. The maximum absolute atomic E-state index is 5.63. The van der Waals surface area contributed by atoms with Crippen LogP contribution >= 0.6 is 11.8 Å². The first-order chi connectivity index (χ1) is 7.25. The van der Waals surface area contributed by atoms with Gasteiger partial charge in [-0.05, 0) is 24.6 Å². The Labute approximate surface area is 92.7 Å². The number of benzene rings is 1. The van der Waals surface area contributed by atoms with Crippen LogP contribution in [0, 0.1) is 0 Å². The van der Waals surface area contributed by atoms with Gasteiger partial charge in [-0.2, -0.15) is 0 Å². The summed E-state index contributed by atoms with van der Waals surface area (Å²) in [5, 5.41) is 1.00. The number of hydrogen-bond donors (Lipinski definition) is 1. The third-order valence-electron chi connectivity index (χ3n) is 2.09. The van der Waals surface area contributed by atoms with Crippen molar-refractivity contribution >= 4 is 17.4 Å². The SMILES string of the molecule is CC(Sc1ncco1)c1ccc(N)cc1.